The van der Waals surface area contributed by atoms with Crippen molar-refractivity contribution in [3.63, 3.8) is 0 Å². The first-order chi connectivity index (χ1) is 12.1. The van der Waals surface area contributed by atoms with Crippen molar-refractivity contribution in [1.82, 2.24) is 14.9 Å². The molecule has 2 aromatic rings. The Morgan fingerprint density at radius 2 is 2.04 bits per heavy atom. The Labute approximate surface area is 146 Å². The summed E-state index contributed by atoms with van der Waals surface area (Å²) < 4.78 is 2.07. The van der Waals surface area contributed by atoms with Gasteiger partial charge in [-0.2, -0.15) is 0 Å². The summed E-state index contributed by atoms with van der Waals surface area (Å²) in [5.41, 5.74) is 2.02. The number of aryl methyl sites for hydroxylation is 2. The number of hydrogen-bond acceptors (Lipinski definition) is 3. The maximum atomic E-state index is 12.7. The van der Waals surface area contributed by atoms with Crippen LogP contribution in [0.25, 0.3) is 0 Å². The lowest BCUT2D eigenvalue weighted by atomic mass is 10.0. The number of nitrogens with one attached hydrogen (secondary N) is 1. The fourth-order valence-electron chi connectivity index (χ4n) is 3.69. The zero-order valence-electron chi connectivity index (χ0n) is 14.3. The van der Waals surface area contributed by atoms with Crippen molar-refractivity contribution >= 4 is 17.5 Å². The number of aromatic nitrogens is 2. The van der Waals surface area contributed by atoms with Crippen LogP contribution in [0.3, 0.4) is 0 Å². The molecule has 0 aliphatic carbocycles. The van der Waals surface area contributed by atoms with E-state index in [0.717, 1.165) is 36.5 Å². The van der Waals surface area contributed by atoms with E-state index >= 15 is 0 Å². The van der Waals surface area contributed by atoms with E-state index in [-0.39, 0.29) is 17.9 Å². The molecule has 130 valence electrons. The van der Waals surface area contributed by atoms with Gasteiger partial charge in [-0.15, -0.1) is 0 Å². The van der Waals surface area contributed by atoms with Gasteiger partial charge in [-0.3, -0.25) is 9.59 Å². The fraction of sp³-hybridized carbons (Fsp3) is 0.421. The minimum absolute atomic E-state index is 0.0652. The lowest BCUT2D eigenvalue weighted by Crippen LogP contribution is -2.45. The minimum atomic E-state index is -0.578. The molecular formula is C19H22N4O2. The molecule has 0 bridgehead atoms. The summed E-state index contributed by atoms with van der Waals surface area (Å²) >= 11 is 0. The molecule has 6 heteroatoms. The van der Waals surface area contributed by atoms with Gasteiger partial charge in [0.1, 0.15) is 11.7 Å². The van der Waals surface area contributed by atoms with Crippen LogP contribution in [-0.4, -0.2) is 34.0 Å². The topological polar surface area (TPSA) is 67.2 Å². The van der Waals surface area contributed by atoms with Crippen LogP contribution in [0.2, 0.25) is 0 Å². The van der Waals surface area contributed by atoms with Crippen molar-refractivity contribution in [2.75, 3.05) is 11.4 Å². The minimum Gasteiger partial charge on any atom is -0.351 e. The molecule has 1 N–H and O–H groups in total. The average molecular weight is 338 g/mol. The summed E-state index contributed by atoms with van der Waals surface area (Å²) in [4.78, 5) is 31.3. The zero-order valence-corrected chi connectivity index (χ0v) is 14.3. The van der Waals surface area contributed by atoms with Gasteiger partial charge in [0, 0.05) is 43.6 Å². The highest BCUT2D eigenvalue weighted by molar-refractivity contribution is 6.09. The smallest absolute Gasteiger partial charge is 0.239 e. The Kier molecular flexibility index (Phi) is 4.03. The third kappa shape index (κ3) is 3.04. The van der Waals surface area contributed by atoms with Gasteiger partial charge in [-0.1, -0.05) is 17.7 Å². The molecule has 1 aromatic heterocycles. The van der Waals surface area contributed by atoms with Crippen molar-refractivity contribution in [1.29, 1.82) is 0 Å². The molecule has 0 unspecified atom stereocenters. The largest absolute Gasteiger partial charge is 0.351 e. The molecule has 0 spiro atoms. The van der Waals surface area contributed by atoms with Crippen molar-refractivity contribution in [2.24, 2.45) is 5.92 Å². The maximum Gasteiger partial charge on any atom is 0.239 e. The first kappa shape index (κ1) is 15.9. The van der Waals surface area contributed by atoms with Crippen LogP contribution < -0.4 is 10.2 Å². The molecule has 25 heavy (non-hydrogen) atoms. The normalized spacial score (nSPS) is 22.8. The molecule has 2 aliphatic heterocycles. The van der Waals surface area contributed by atoms with E-state index < -0.39 is 5.92 Å². The van der Waals surface area contributed by atoms with Crippen LogP contribution in [-0.2, 0) is 22.6 Å². The molecule has 1 aromatic carbocycles. The van der Waals surface area contributed by atoms with Gasteiger partial charge in [0.2, 0.25) is 11.8 Å². The molecule has 6 nitrogen and oxygen atoms in total. The van der Waals surface area contributed by atoms with Gasteiger partial charge >= 0.3 is 0 Å². The number of anilines is 1. The van der Waals surface area contributed by atoms with Gasteiger partial charge in [0.15, 0.2) is 0 Å². The van der Waals surface area contributed by atoms with Gasteiger partial charge in [-0.05, 0) is 31.9 Å². The SMILES string of the molecule is Cc1ccc(N2CC[C@@H](C(=O)N[C@@H]3CCc4nccn4C3)C2=O)cc1. The number of amides is 2. The van der Waals surface area contributed by atoms with Gasteiger partial charge in [-0.25, -0.2) is 4.98 Å². The van der Waals surface area contributed by atoms with E-state index in [1.165, 1.54) is 0 Å². The van der Waals surface area contributed by atoms with Crippen LogP contribution in [0.15, 0.2) is 36.7 Å². The van der Waals surface area contributed by atoms with E-state index in [1.54, 1.807) is 11.1 Å². The highest BCUT2D eigenvalue weighted by Gasteiger charge is 2.38. The number of fused-ring (bicyclic) bond motifs is 1. The van der Waals surface area contributed by atoms with E-state index in [9.17, 15) is 9.59 Å². The summed E-state index contributed by atoms with van der Waals surface area (Å²) in [7, 11) is 0. The standard InChI is InChI=1S/C19H22N4O2/c1-13-2-5-15(6-3-13)23-10-8-16(19(23)25)18(24)21-14-4-7-17-20-9-11-22(17)12-14/h2-3,5-6,9,11,14,16H,4,7-8,10,12H2,1H3,(H,21,24)/t14-,16+/m1/s1. The third-order valence-electron chi connectivity index (χ3n) is 5.15. The zero-order chi connectivity index (χ0) is 17.4. The number of carbonyl (C=O) groups is 2. The second-order valence-corrected chi connectivity index (χ2v) is 6.91. The molecule has 4 rings (SSSR count). The second-order valence-electron chi connectivity index (χ2n) is 6.91. The van der Waals surface area contributed by atoms with Gasteiger partial charge in [0.05, 0.1) is 0 Å². The van der Waals surface area contributed by atoms with Gasteiger partial charge in [0.25, 0.3) is 0 Å². The summed E-state index contributed by atoms with van der Waals surface area (Å²) in [6.45, 7) is 3.33. The van der Waals surface area contributed by atoms with Crippen LogP contribution in [0, 0.1) is 12.8 Å². The lowest BCUT2D eigenvalue weighted by molar-refractivity contribution is -0.132. The predicted molar refractivity (Wildman–Crippen MR) is 94.1 cm³/mol. The van der Waals surface area contributed by atoms with Crippen molar-refractivity contribution in [2.45, 2.75) is 38.8 Å². The monoisotopic (exact) mass is 338 g/mol. The second kappa shape index (κ2) is 6.35. The Bertz CT molecular complexity index is 796. The average Bonchev–Trinajstić information content (AvgIpc) is 3.21. The van der Waals surface area contributed by atoms with Crippen LogP contribution >= 0.6 is 0 Å². The Hall–Kier alpha value is -2.63. The molecule has 1 saturated heterocycles. The number of nitrogens with zero attached hydrogens (tertiary/aromatic N) is 3. The Morgan fingerprint density at radius 1 is 1.24 bits per heavy atom. The quantitative estimate of drug-likeness (QED) is 0.866. The Morgan fingerprint density at radius 3 is 2.84 bits per heavy atom. The fourth-order valence-corrected chi connectivity index (χ4v) is 3.69. The first-order valence-corrected chi connectivity index (χ1v) is 8.80. The van der Waals surface area contributed by atoms with E-state index in [1.807, 2.05) is 37.4 Å². The first-order valence-electron chi connectivity index (χ1n) is 8.80. The molecule has 2 atom stereocenters. The number of benzene rings is 1. The van der Waals surface area contributed by atoms with Crippen LogP contribution in [0.1, 0.15) is 24.2 Å². The summed E-state index contributed by atoms with van der Waals surface area (Å²) in [5.74, 6) is 0.243. The lowest BCUT2D eigenvalue weighted by Gasteiger charge is -2.25. The van der Waals surface area contributed by atoms with Crippen molar-refractivity contribution in [3.8, 4) is 0 Å². The predicted octanol–water partition coefficient (Wildman–Crippen LogP) is 1.68. The van der Waals surface area contributed by atoms with Gasteiger partial charge < -0.3 is 14.8 Å². The van der Waals surface area contributed by atoms with Crippen molar-refractivity contribution in [3.05, 3.63) is 48.0 Å². The summed E-state index contributed by atoms with van der Waals surface area (Å²) in [6, 6.07) is 7.92. The van der Waals surface area contributed by atoms with E-state index in [2.05, 4.69) is 14.9 Å². The molecule has 2 aliphatic rings. The number of hydrogen-bond donors (Lipinski definition) is 1. The van der Waals surface area contributed by atoms with Crippen LogP contribution in [0.5, 0.6) is 0 Å². The molecule has 0 radical (unpaired) electrons. The Balaban J connectivity index is 1.40. The number of carbonyl (C=O) groups excluding carboxylic acids is 2. The highest BCUT2D eigenvalue weighted by Crippen LogP contribution is 2.26. The van der Waals surface area contributed by atoms with E-state index in [4.69, 9.17) is 0 Å². The van der Waals surface area contributed by atoms with E-state index in [0.29, 0.717) is 13.0 Å². The third-order valence-corrected chi connectivity index (χ3v) is 5.15. The highest BCUT2D eigenvalue weighted by atomic mass is 16.2. The number of imidazole rings is 1. The summed E-state index contributed by atoms with van der Waals surface area (Å²) in [5, 5.41) is 3.07. The molecular weight excluding hydrogens is 316 g/mol. The maximum absolute atomic E-state index is 12.7. The molecule has 1 fully saturated rings. The molecule has 0 saturated carbocycles. The molecule has 3 heterocycles. The summed E-state index contributed by atoms with van der Waals surface area (Å²) in [6.07, 6.45) is 6.02. The molecule has 2 amide bonds. The van der Waals surface area contributed by atoms with Crippen molar-refractivity contribution < 1.29 is 9.59 Å². The van der Waals surface area contributed by atoms with Crippen LogP contribution in [0.4, 0.5) is 5.69 Å². The number of rotatable bonds is 3.